The number of carbonyl (C=O) groups is 1. The van der Waals surface area contributed by atoms with Gasteiger partial charge in [-0.1, -0.05) is 12.1 Å². The van der Waals surface area contributed by atoms with E-state index in [1.165, 1.54) is 12.4 Å². The van der Waals surface area contributed by atoms with Gasteiger partial charge in [-0.15, -0.1) is 11.3 Å². The SMILES string of the molecule is Cc1csc(-c2cccc(Nc3nccnc3C(N)=O)c2)n1. The molecular weight excluding hydrogens is 298 g/mol. The molecule has 0 radical (unpaired) electrons. The number of primary amides is 1. The van der Waals surface area contributed by atoms with E-state index in [9.17, 15) is 4.79 Å². The molecule has 0 aliphatic heterocycles. The fraction of sp³-hybridized carbons (Fsp3) is 0.0667. The molecule has 7 heteroatoms. The predicted octanol–water partition coefficient (Wildman–Crippen LogP) is 2.75. The van der Waals surface area contributed by atoms with Gasteiger partial charge in [0.2, 0.25) is 0 Å². The molecule has 3 N–H and O–H groups in total. The molecule has 0 atom stereocenters. The van der Waals surface area contributed by atoms with Crippen LogP contribution in [0, 0.1) is 6.92 Å². The van der Waals surface area contributed by atoms with Crippen molar-refractivity contribution in [3.8, 4) is 10.6 Å². The molecule has 0 saturated carbocycles. The van der Waals surface area contributed by atoms with E-state index in [1.807, 2.05) is 36.6 Å². The lowest BCUT2D eigenvalue weighted by molar-refractivity contribution is 0.0996. The number of thiazole rings is 1. The molecule has 2 aromatic heterocycles. The van der Waals surface area contributed by atoms with Crippen molar-refractivity contribution in [2.75, 3.05) is 5.32 Å². The zero-order valence-corrected chi connectivity index (χ0v) is 12.6. The molecule has 2 heterocycles. The number of aryl methyl sites for hydroxylation is 1. The van der Waals surface area contributed by atoms with Crippen LogP contribution in [0.1, 0.15) is 16.2 Å². The highest BCUT2D eigenvalue weighted by Crippen LogP contribution is 2.27. The highest BCUT2D eigenvalue weighted by Gasteiger charge is 2.11. The quantitative estimate of drug-likeness (QED) is 0.772. The van der Waals surface area contributed by atoms with E-state index in [0.29, 0.717) is 5.82 Å². The van der Waals surface area contributed by atoms with Crippen LogP contribution in [0.25, 0.3) is 10.6 Å². The number of carbonyl (C=O) groups excluding carboxylic acids is 1. The van der Waals surface area contributed by atoms with Gasteiger partial charge < -0.3 is 11.1 Å². The van der Waals surface area contributed by atoms with Crippen LogP contribution < -0.4 is 11.1 Å². The summed E-state index contributed by atoms with van der Waals surface area (Å²) in [6.07, 6.45) is 2.93. The second-order valence-electron chi connectivity index (χ2n) is 4.62. The van der Waals surface area contributed by atoms with E-state index >= 15 is 0 Å². The Morgan fingerprint density at radius 3 is 2.82 bits per heavy atom. The van der Waals surface area contributed by atoms with Crippen molar-refractivity contribution in [3.05, 3.63) is 53.4 Å². The standard InChI is InChI=1S/C15H13N5OS/c1-9-8-22-15(19-9)10-3-2-4-11(7-10)20-14-12(13(16)21)17-5-6-18-14/h2-8H,1H3,(H2,16,21)(H,18,20). The van der Waals surface area contributed by atoms with Gasteiger partial charge in [-0.3, -0.25) is 4.79 Å². The van der Waals surface area contributed by atoms with Crippen LogP contribution in [-0.2, 0) is 0 Å². The third-order valence-electron chi connectivity index (χ3n) is 2.92. The van der Waals surface area contributed by atoms with E-state index in [-0.39, 0.29) is 5.69 Å². The molecule has 0 aliphatic carbocycles. The van der Waals surface area contributed by atoms with Crippen LogP contribution in [0.3, 0.4) is 0 Å². The largest absolute Gasteiger partial charge is 0.364 e. The summed E-state index contributed by atoms with van der Waals surface area (Å²) < 4.78 is 0. The van der Waals surface area contributed by atoms with Crippen molar-refractivity contribution in [1.82, 2.24) is 15.0 Å². The summed E-state index contributed by atoms with van der Waals surface area (Å²) in [6, 6.07) is 7.71. The average molecular weight is 311 g/mol. The van der Waals surface area contributed by atoms with Gasteiger partial charge in [-0.25, -0.2) is 15.0 Å². The number of aromatic nitrogens is 3. The minimum Gasteiger partial charge on any atom is -0.364 e. The maximum absolute atomic E-state index is 11.4. The number of nitrogens with two attached hydrogens (primary N) is 1. The number of hydrogen-bond donors (Lipinski definition) is 2. The summed E-state index contributed by atoms with van der Waals surface area (Å²) >= 11 is 1.58. The van der Waals surface area contributed by atoms with Crippen LogP contribution in [0.5, 0.6) is 0 Å². The first-order valence-corrected chi connectivity index (χ1v) is 7.42. The van der Waals surface area contributed by atoms with Crippen LogP contribution >= 0.6 is 11.3 Å². The smallest absolute Gasteiger partial charge is 0.271 e. The number of benzene rings is 1. The number of nitrogens with zero attached hydrogens (tertiary/aromatic N) is 3. The number of rotatable bonds is 4. The van der Waals surface area contributed by atoms with Crippen LogP contribution in [-0.4, -0.2) is 20.9 Å². The van der Waals surface area contributed by atoms with Gasteiger partial charge in [-0.2, -0.15) is 0 Å². The zero-order chi connectivity index (χ0) is 15.5. The number of amides is 1. The van der Waals surface area contributed by atoms with Gasteiger partial charge in [0.1, 0.15) is 5.01 Å². The lowest BCUT2D eigenvalue weighted by atomic mass is 10.2. The summed E-state index contributed by atoms with van der Waals surface area (Å²) in [5.41, 5.74) is 8.18. The molecule has 3 aromatic rings. The average Bonchev–Trinajstić information content (AvgIpc) is 2.94. The lowest BCUT2D eigenvalue weighted by Gasteiger charge is -2.08. The van der Waals surface area contributed by atoms with E-state index in [2.05, 4.69) is 20.3 Å². The number of anilines is 2. The van der Waals surface area contributed by atoms with Crippen LogP contribution in [0.4, 0.5) is 11.5 Å². The first kappa shape index (κ1) is 14.2. The topological polar surface area (TPSA) is 93.8 Å². The van der Waals surface area contributed by atoms with Crippen LogP contribution in [0.15, 0.2) is 42.0 Å². The molecule has 6 nitrogen and oxygen atoms in total. The second-order valence-corrected chi connectivity index (χ2v) is 5.48. The molecule has 22 heavy (non-hydrogen) atoms. The van der Waals surface area contributed by atoms with Gasteiger partial charge in [-0.05, 0) is 19.1 Å². The Bertz CT molecular complexity index is 830. The Balaban J connectivity index is 1.92. The molecule has 110 valence electrons. The first-order valence-electron chi connectivity index (χ1n) is 6.54. The predicted molar refractivity (Wildman–Crippen MR) is 86.1 cm³/mol. The maximum Gasteiger partial charge on any atom is 0.271 e. The van der Waals surface area contributed by atoms with Crippen molar-refractivity contribution < 1.29 is 4.79 Å². The summed E-state index contributed by atoms with van der Waals surface area (Å²) in [6.45, 7) is 1.96. The van der Waals surface area contributed by atoms with Crippen molar-refractivity contribution in [2.45, 2.75) is 6.92 Å². The third kappa shape index (κ3) is 2.94. The van der Waals surface area contributed by atoms with Gasteiger partial charge in [0.25, 0.3) is 5.91 Å². The zero-order valence-electron chi connectivity index (χ0n) is 11.8. The summed E-state index contributed by atoms with van der Waals surface area (Å²) in [4.78, 5) is 23.9. The van der Waals surface area contributed by atoms with Crippen molar-refractivity contribution in [2.24, 2.45) is 5.73 Å². The Kier molecular flexibility index (Phi) is 3.80. The Labute approximate surface area is 131 Å². The fourth-order valence-electron chi connectivity index (χ4n) is 1.96. The molecular formula is C15H13N5OS. The van der Waals surface area contributed by atoms with Gasteiger partial charge in [0.15, 0.2) is 11.5 Å². The molecule has 0 bridgehead atoms. The Morgan fingerprint density at radius 1 is 1.27 bits per heavy atom. The highest BCUT2D eigenvalue weighted by atomic mass is 32.1. The third-order valence-corrected chi connectivity index (χ3v) is 3.93. The summed E-state index contributed by atoms with van der Waals surface area (Å²) in [7, 11) is 0. The normalized spacial score (nSPS) is 10.4. The summed E-state index contributed by atoms with van der Waals surface area (Å²) in [5, 5.41) is 6.02. The Morgan fingerprint density at radius 2 is 2.09 bits per heavy atom. The van der Waals surface area contributed by atoms with Crippen molar-refractivity contribution in [1.29, 1.82) is 0 Å². The molecule has 0 saturated heterocycles. The van der Waals surface area contributed by atoms with E-state index < -0.39 is 5.91 Å². The maximum atomic E-state index is 11.4. The molecule has 1 aromatic carbocycles. The lowest BCUT2D eigenvalue weighted by Crippen LogP contribution is -2.16. The fourth-order valence-corrected chi connectivity index (χ4v) is 2.76. The van der Waals surface area contributed by atoms with Crippen LogP contribution in [0.2, 0.25) is 0 Å². The monoisotopic (exact) mass is 311 g/mol. The number of nitrogens with one attached hydrogen (secondary N) is 1. The molecule has 3 rings (SSSR count). The van der Waals surface area contributed by atoms with Crippen molar-refractivity contribution >= 4 is 28.7 Å². The van der Waals surface area contributed by atoms with E-state index in [4.69, 9.17) is 5.73 Å². The van der Waals surface area contributed by atoms with E-state index in [1.54, 1.807) is 11.3 Å². The Hall–Kier alpha value is -2.80. The first-order chi connectivity index (χ1) is 10.6. The molecule has 0 unspecified atom stereocenters. The minimum atomic E-state index is -0.623. The summed E-state index contributed by atoms with van der Waals surface area (Å²) in [5.74, 6) is -0.287. The van der Waals surface area contributed by atoms with Crippen molar-refractivity contribution in [3.63, 3.8) is 0 Å². The van der Waals surface area contributed by atoms with Gasteiger partial charge >= 0.3 is 0 Å². The minimum absolute atomic E-state index is 0.109. The molecule has 1 amide bonds. The highest BCUT2D eigenvalue weighted by molar-refractivity contribution is 7.13. The van der Waals surface area contributed by atoms with Gasteiger partial charge in [0.05, 0.1) is 0 Å². The molecule has 0 aliphatic rings. The number of hydrogen-bond acceptors (Lipinski definition) is 6. The van der Waals surface area contributed by atoms with Gasteiger partial charge in [0, 0.05) is 34.7 Å². The van der Waals surface area contributed by atoms with E-state index in [0.717, 1.165) is 22.0 Å². The second kappa shape index (κ2) is 5.90. The molecule has 0 fully saturated rings. The molecule has 0 spiro atoms.